The first-order valence-electron chi connectivity index (χ1n) is 8.27. The lowest BCUT2D eigenvalue weighted by Gasteiger charge is -2.33. The van der Waals surface area contributed by atoms with Gasteiger partial charge >= 0.3 is 5.97 Å². The van der Waals surface area contributed by atoms with E-state index < -0.39 is 5.54 Å². The van der Waals surface area contributed by atoms with Gasteiger partial charge in [-0.25, -0.2) is 0 Å². The van der Waals surface area contributed by atoms with Gasteiger partial charge in [0.2, 0.25) is 0 Å². The summed E-state index contributed by atoms with van der Waals surface area (Å²) in [6.45, 7) is 5.51. The smallest absolute Gasteiger partial charge is 0.326 e. The van der Waals surface area contributed by atoms with Gasteiger partial charge in [-0.15, -0.1) is 0 Å². The van der Waals surface area contributed by atoms with Crippen LogP contribution in [0.15, 0.2) is 0 Å². The molecule has 0 radical (unpaired) electrons. The van der Waals surface area contributed by atoms with Crippen molar-refractivity contribution in [1.82, 2.24) is 10.2 Å². The number of hydrogen-bond donors (Lipinski definition) is 1. The summed E-state index contributed by atoms with van der Waals surface area (Å²) in [6.07, 6.45) is 5.67. The van der Waals surface area contributed by atoms with E-state index in [0.717, 1.165) is 51.7 Å². The maximum atomic E-state index is 12.4. The van der Waals surface area contributed by atoms with Gasteiger partial charge in [0.1, 0.15) is 5.54 Å². The maximum absolute atomic E-state index is 12.4. The van der Waals surface area contributed by atoms with Crippen LogP contribution in [0.3, 0.4) is 0 Å². The van der Waals surface area contributed by atoms with Crippen molar-refractivity contribution in [3.63, 3.8) is 0 Å². The molecule has 0 aromatic heterocycles. The molecule has 5 heteroatoms. The molecule has 0 spiro atoms. The van der Waals surface area contributed by atoms with Gasteiger partial charge in [0.25, 0.3) is 0 Å². The average molecular weight is 298 g/mol. The van der Waals surface area contributed by atoms with E-state index in [0.29, 0.717) is 18.6 Å². The normalized spacial score (nSPS) is 33.5. The largest absolute Gasteiger partial charge is 0.465 e. The Bertz CT molecular complexity index is 350. The SMILES string of the molecule is CCOC(=O)C1(NC)CCCC1CCN1CCC(OC)C1. The summed E-state index contributed by atoms with van der Waals surface area (Å²) < 4.78 is 10.7. The van der Waals surface area contributed by atoms with Crippen LogP contribution in [-0.2, 0) is 14.3 Å². The summed E-state index contributed by atoms with van der Waals surface area (Å²) in [5, 5.41) is 3.29. The van der Waals surface area contributed by atoms with Crippen molar-refractivity contribution in [2.45, 2.75) is 50.7 Å². The average Bonchev–Trinajstić information content (AvgIpc) is 3.12. The van der Waals surface area contributed by atoms with E-state index in [1.54, 1.807) is 7.11 Å². The van der Waals surface area contributed by atoms with E-state index >= 15 is 0 Å². The Hall–Kier alpha value is -0.650. The number of carbonyl (C=O) groups excluding carboxylic acids is 1. The lowest BCUT2D eigenvalue weighted by molar-refractivity contribution is -0.153. The second kappa shape index (κ2) is 7.56. The quantitative estimate of drug-likeness (QED) is 0.720. The summed E-state index contributed by atoms with van der Waals surface area (Å²) in [5.74, 6) is 0.314. The summed E-state index contributed by atoms with van der Waals surface area (Å²) >= 11 is 0. The van der Waals surface area contributed by atoms with Gasteiger partial charge in [0.05, 0.1) is 12.7 Å². The lowest BCUT2D eigenvalue weighted by atomic mass is 9.84. The van der Waals surface area contributed by atoms with Crippen LogP contribution in [0.4, 0.5) is 0 Å². The van der Waals surface area contributed by atoms with E-state index in [2.05, 4.69) is 10.2 Å². The molecule has 5 nitrogen and oxygen atoms in total. The van der Waals surface area contributed by atoms with Crippen LogP contribution < -0.4 is 5.32 Å². The number of likely N-dealkylation sites (tertiary alicyclic amines) is 1. The number of nitrogens with one attached hydrogen (secondary N) is 1. The predicted molar refractivity (Wildman–Crippen MR) is 82.2 cm³/mol. The first-order valence-corrected chi connectivity index (χ1v) is 8.27. The van der Waals surface area contributed by atoms with E-state index in [9.17, 15) is 4.79 Å². The Morgan fingerprint density at radius 3 is 2.86 bits per heavy atom. The van der Waals surface area contributed by atoms with E-state index in [-0.39, 0.29) is 5.97 Å². The van der Waals surface area contributed by atoms with Crippen molar-refractivity contribution in [2.24, 2.45) is 5.92 Å². The van der Waals surface area contributed by atoms with Gasteiger partial charge < -0.3 is 19.7 Å². The lowest BCUT2D eigenvalue weighted by Crippen LogP contribution is -2.54. The molecule has 3 unspecified atom stereocenters. The minimum absolute atomic E-state index is 0.0637. The third-order valence-corrected chi connectivity index (χ3v) is 5.26. The molecule has 0 amide bonds. The first-order chi connectivity index (χ1) is 10.2. The predicted octanol–water partition coefficient (Wildman–Crippen LogP) is 1.42. The maximum Gasteiger partial charge on any atom is 0.326 e. The molecule has 0 aromatic rings. The van der Waals surface area contributed by atoms with Gasteiger partial charge in [-0.2, -0.15) is 0 Å². The van der Waals surface area contributed by atoms with E-state index in [4.69, 9.17) is 9.47 Å². The number of nitrogens with zero attached hydrogens (tertiary/aromatic N) is 1. The first kappa shape index (κ1) is 16.7. The minimum atomic E-state index is -0.462. The summed E-state index contributed by atoms with van der Waals surface area (Å²) in [4.78, 5) is 14.8. The molecule has 21 heavy (non-hydrogen) atoms. The van der Waals surface area contributed by atoms with Crippen molar-refractivity contribution in [3.8, 4) is 0 Å². The number of methoxy groups -OCH3 is 1. The number of hydrogen-bond acceptors (Lipinski definition) is 5. The Balaban J connectivity index is 1.90. The van der Waals surface area contributed by atoms with Crippen LogP contribution in [-0.4, -0.2) is 62.9 Å². The number of esters is 1. The standard InChI is InChI=1S/C16H30N2O3/c1-4-21-15(19)16(17-2)9-5-6-13(16)7-10-18-11-8-14(12-18)20-3/h13-14,17H,4-12H2,1-3H3. The van der Waals surface area contributed by atoms with E-state index in [1.165, 1.54) is 0 Å². The fourth-order valence-corrected chi connectivity index (χ4v) is 3.96. The van der Waals surface area contributed by atoms with Crippen LogP contribution in [0.1, 0.15) is 39.0 Å². The topological polar surface area (TPSA) is 50.8 Å². The van der Waals surface area contributed by atoms with Crippen molar-refractivity contribution in [2.75, 3.05) is 40.4 Å². The Morgan fingerprint density at radius 2 is 2.24 bits per heavy atom. The van der Waals surface area contributed by atoms with Crippen LogP contribution in [0, 0.1) is 5.92 Å². The van der Waals surface area contributed by atoms with Crippen molar-refractivity contribution >= 4 is 5.97 Å². The van der Waals surface area contributed by atoms with Crippen LogP contribution >= 0.6 is 0 Å². The molecule has 3 atom stereocenters. The van der Waals surface area contributed by atoms with Crippen molar-refractivity contribution in [1.29, 1.82) is 0 Å². The van der Waals surface area contributed by atoms with Crippen LogP contribution in [0.5, 0.6) is 0 Å². The molecular weight excluding hydrogens is 268 g/mol. The van der Waals surface area contributed by atoms with E-state index in [1.807, 2.05) is 14.0 Å². The number of carbonyl (C=O) groups is 1. The highest BCUT2D eigenvalue weighted by molar-refractivity contribution is 5.81. The zero-order valence-corrected chi connectivity index (χ0v) is 13.7. The molecule has 1 aliphatic carbocycles. The zero-order valence-electron chi connectivity index (χ0n) is 13.7. The van der Waals surface area contributed by atoms with Gasteiger partial charge in [-0.3, -0.25) is 4.79 Å². The van der Waals surface area contributed by atoms with Crippen molar-refractivity contribution in [3.05, 3.63) is 0 Å². The summed E-state index contributed by atoms with van der Waals surface area (Å²) in [7, 11) is 3.68. The fraction of sp³-hybridized carbons (Fsp3) is 0.938. The molecule has 0 bridgehead atoms. The number of rotatable bonds is 7. The Labute approximate surface area is 128 Å². The fourth-order valence-electron chi connectivity index (χ4n) is 3.96. The third-order valence-electron chi connectivity index (χ3n) is 5.26. The summed E-state index contributed by atoms with van der Waals surface area (Å²) in [6, 6.07) is 0. The molecule has 1 saturated heterocycles. The molecule has 1 aliphatic heterocycles. The zero-order chi connectivity index (χ0) is 15.3. The summed E-state index contributed by atoms with van der Waals surface area (Å²) in [5.41, 5.74) is -0.462. The molecular formula is C16H30N2O3. The van der Waals surface area contributed by atoms with Crippen LogP contribution in [0.2, 0.25) is 0 Å². The van der Waals surface area contributed by atoms with Gasteiger partial charge in [0, 0.05) is 20.2 Å². The molecule has 1 heterocycles. The molecule has 1 saturated carbocycles. The van der Waals surface area contributed by atoms with Gasteiger partial charge in [0.15, 0.2) is 0 Å². The molecule has 0 aromatic carbocycles. The molecule has 2 aliphatic rings. The molecule has 1 N–H and O–H groups in total. The Morgan fingerprint density at radius 1 is 1.43 bits per heavy atom. The van der Waals surface area contributed by atoms with Gasteiger partial charge in [-0.05, 0) is 52.1 Å². The number of ether oxygens (including phenoxy) is 2. The highest BCUT2D eigenvalue weighted by atomic mass is 16.5. The highest BCUT2D eigenvalue weighted by Crippen LogP contribution is 2.39. The third kappa shape index (κ3) is 3.58. The molecule has 2 fully saturated rings. The number of likely N-dealkylation sites (N-methyl/N-ethyl adjacent to an activating group) is 1. The Kier molecular flexibility index (Phi) is 6.02. The van der Waals surface area contributed by atoms with Crippen molar-refractivity contribution < 1.29 is 14.3 Å². The molecule has 122 valence electrons. The minimum Gasteiger partial charge on any atom is -0.465 e. The second-order valence-corrected chi connectivity index (χ2v) is 6.27. The monoisotopic (exact) mass is 298 g/mol. The van der Waals surface area contributed by atoms with Crippen LogP contribution in [0.25, 0.3) is 0 Å². The second-order valence-electron chi connectivity index (χ2n) is 6.27. The highest BCUT2D eigenvalue weighted by Gasteiger charge is 2.48. The molecule has 2 rings (SSSR count). The van der Waals surface area contributed by atoms with Gasteiger partial charge in [-0.1, -0.05) is 6.42 Å².